The molecule has 0 saturated heterocycles. The summed E-state index contributed by atoms with van der Waals surface area (Å²) in [7, 11) is 0. The second kappa shape index (κ2) is 16.1. The van der Waals surface area contributed by atoms with E-state index in [9.17, 15) is 0 Å². The van der Waals surface area contributed by atoms with Gasteiger partial charge in [0.25, 0.3) is 0 Å². The van der Waals surface area contributed by atoms with E-state index in [2.05, 4.69) is 27.4 Å². The molecule has 0 aromatic rings. The molecule has 0 N–H and O–H groups in total. The zero-order valence-electron chi connectivity index (χ0n) is 15.4. The molecule has 0 unspecified atom stereocenters. The van der Waals surface area contributed by atoms with Crippen molar-refractivity contribution in [3.63, 3.8) is 0 Å². The molecular formula is C21H42. The summed E-state index contributed by atoms with van der Waals surface area (Å²) in [4.78, 5) is 0. The van der Waals surface area contributed by atoms with E-state index in [4.69, 9.17) is 0 Å². The Morgan fingerprint density at radius 1 is 0.619 bits per heavy atom. The van der Waals surface area contributed by atoms with Crippen LogP contribution in [0.5, 0.6) is 0 Å². The zero-order valence-corrected chi connectivity index (χ0v) is 15.4. The van der Waals surface area contributed by atoms with Crippen molar-refractivity contribution in [1.29, 1.82) is 0 Å². The Kier molecular flexibility index (Phi) is 15.9. The smallest absolute Gasteiger partial charge is 0.0206 e. The van der Waals surface area contributed by atoms with Crippen molar-refractivity contribution >= 4 is 0 Å². The lowest BCUT2D eigenvalue weighted by atomic mass is 9.86. The molecule has 0 heteroatoms. The van der Waals surface area contributed by atoms with Gasteiger partial charge in [0.1, 0.15) is 0 Å². The molecule has 0 aromatic carbocycles. The van der Waals surface area contributed by atoms with Crippen molar-refractivity contribution in [3.05, 3.63) is 12.2 Å². The lowest BCUT2D eigenvalue weighted by molar-refractivity contribution is 0.442. The first kappa shape index (κ1) is 20.7. The lowest BCUT2D eigenvalue weighted by Gasteiger charge is -2.20. The molecule has 0 aromatic heterocycles. The van der Waals surface area contributed by atoms with E-state index in [0.717, 1.165) is 5.92 Å². The Morgan fingerprint density at radius 3 is 1.48 bits per heavy atom. The maximum Gasteiger partial charge on any atom is -0.0206 e. The van der Waals surface area contributed by atoms with E-state index < -0.39 is 0 Å². The van der Waals surface area contributed by atoms with Gasteiger partial charge in [-0.1, -0.05) is 104 Å². The molecule has 0 rings (SSSR count). The number of hydrogen-bond donors (Lipinski definition) is 0. The van der Waals surface area contributed by atoms with E-state index >= 15 is 0 Å². The van der Waals surface area contributed by atoms with E-state index in [1.165, 1.54) is 96.3 Å². The Hall–Kier alpha value is -0.260. The third-order valence-corrected chi connectivity index (χ3v) is 4.74. The van der Waals surface area contributed by atoms with Gasteiger partial charge >= 0.3 is 0 Å². The first-order valence-corrected chi connectivity index (χ1v) is 9.93. The second-order valence-corrected chi connectivity index (χ2v) is 6.86. The Balaban J connectivity index is 3.98. The third kappa shape index (κ3) is 13.1. The minimum atomic E-state index is 0.820. The van der Waals surface area contributed by atoms with Crippen LogP contribution in [-0.4, -0.2) is 0 Å². The number of rotatable bonds is 16. The van der Waals surface area contributed by atoms with Gasteiger partial charge in [-0.3, -0.25) is 0 Å². The fourth-order valence-electron chi connectivity index (χ4n) is 3.17. The minimum absolute atomic E-state index is 0.820. The molecule has 0 heterocycles. The van der Waals surface area contributed by atoms with Gasteiger partial charge in [0.15, 0.2) is 0 Å². The normalized spacial score (nSPS) is 11.2. The van der Waals surface area contributed by atoms with Gasteiger partial charge in [-0.25, -0.2) is 0 Å². The molecule has 0 aliphatic rings. The number of unbranched alkanes of at least 4 members (excludes halogenated alkanes) is 9. The van der Waals surface area contributed by atoms with Gasteiger partial charge in [0.05, 0.1) is 0 Å². The highest BCUT2D eigenvalue weighted by molar-refractivity contribution is 5.00. The molecule has 126 valence electrons. The van der Waals surface area contributed by atoms with Gasteiger partial charge in [-0.2, -0.15) is 0 Å². The monoisotopic (exact) mass is 294 g/mol. The summed E-state index contributed by atoms with van der Waals surface area (Å²) in [6.07, 6.45) is 20.8. The van der Waals surface area contributed by atoms with Crippen LogP contribution in [0.4, 0.5) is 0 Å². The zero-order chi connectivity index (χ0) is 15.8. The summed E-state index contributed by atoms with van der Waals surface area (Å²) in [5, 5.41) is 0. The first-order valence-electron chi connectivity index (χ1n) is 9.93. The van der Waals surface area contributed by atoms with Gasteiger partial charge in [0, 0.05) is 0 Å². The molecule has 0 aliphatic carbocycles. The quantitative estimate of drug-likeness (QED) is 0.199. The standard InChI is InChI=1S/C21H42/c1-5-8-11-14-17-20(4)21(18-15-12-9-6-2)19-16-13-10-7-3/h21H,4-19H2,1-3H3. The highest BCUT2D eigenvalue weighted by Gasteiger charge is 2.12. The van der Waals surface area contributed by atoms with Crippen molar-refractivity contribution in [2.45, 2.75) is 117 Å². The third-order valence-electron chi connectivity index (χ3n) is 4.74. The van der Waals surface area contributed by atoms with Gasteiger partial charge < -0.3 is 0 Å². The minimum Gasteiger partial charge on any atom is -0.0996 e. The van der Waals surface area contributed by atoms with Crippen molar-refractivity contribution in [2.24, 2.45) is 5.92 Å². The SMILES string of the molecule is C=C(CCCCCC)C(CCCCCC)CCCCCC. The summed E-state index contributed by atoms with van der Waals surface area (Å²) in [6, 6.07) is 0. The molecule has 0 aliphatic heterocycles. The van der Waals surface area contributed by atoms with Crippen LogP contribution in [0.2, 0.25) is 0 Å². The van der Waals surface area contributed by atoms with E-state index in [0.29, 0.717) is 0 Å². The summed E-state index contributed by atoms with van der Waals surface area (Å²) in [6.45, 7) is 11.3. The Labute approximate surface area is 135 Å². The van der Waals surface area contributed by atoms with Crippen LogP contribution in [0.15, 0.2) is 12.2 Å². The van der Waals surface area contributed by atoms with Crippen LogP contribution in [-0.2, 0) is 0 Å². The molecule has 0 nitrogen and oxygen atoms in total. The lowest BCUT2D eigenvalue weighted by Crippen LogP contribution is -2.05. The fraction of sp³-hybridized carbons (Fsp3) is 0.905. The van der Waals surface area contributed by atoms with Crippen LogP contribution in [0, 0.1) is 5.92 Å². The molecule has 21 heavy (non-hydrogen) atoms. The van der Waals surface area contributed by atoms with Crippen LogP contribution >= 0.6 is 0 Å². The average molecular weight is 295 g/mol. The molecule has 0 spiro atoms. The highest BCUT2D eigenvalue weighted by atomic mass is 14.2. The highest BCUT2D eigenvalue weighted by Crippen LogP contribution is 2.27. The van der Waals surface area contributed by atoms with Crippen LogP contribution in [0.25, 0.3) is 0 Å². The molecule has 0 saturated carbocycles. The predicted octanol–water partition coefficient (Wildman–Crippen LogP) is 8.07. The molecular weight excluding hydrogens is 252 g/mol. The molecule has 0 atom stereocenters. The van der Waals surface area contributed by atoms with Gasteiger partial charge in [0.2, 0.25) is 0 Å². The maximum atomic E-state index is 4.45. The van der Waals surface area contributed by atoms with Crippen LogP contribution in [0.3, 0.4) is 0 Å². The largest absolute Gasteiger partial charge is 0.0996 e. The summed E-state index contributed by atoms with van der Waals surface area (Å²) in [5.74, 6) is 0.820. The van der Waals surface area contributed by atoms with E-state index in [-0.39, 0.29) is 0 Å². The first-order chi connectivity index (χ1) is 10.3. The topological polar surface area (TPSA) is 0 Å². The van der Waals surface area contributed by atoms with Crippen molar-refractivity contribution in [3.8, 4) is 0 Å². The van der Waals surface area contributed by atoms with Crippen LogP contribution in [0.1, 0.15) is 117 Å². The molecule has 0 amide bonds. The second-order valence-electron chi connectivity index (χ2n) is 6.86. The Morgan fingerprint density at radius 2 is 1.05 bits per heavy atom. The molecule has 0 fully saturated rings. The maximum absolute atomic E-state index is 4.45. The van der Waals surface area contributed by atoms with E-state index in [1.807, 2.05) is 0 Å². The van der Waals surface area contributed by atoms with E-state index in [1.54, 1.807) is 5.57 Å². The predicted molar refractivity (Wildman–Crippen MR) is 98.9 cm³/mol. The average Bonchev–Trinajstić information content (AvgIpc) is 2.49. The molecule has 0 radical (unpaired) electrons. The number of hydrogen-bond acceptors (Lipinski definition) is 0. The Bertz CT molecular complexity index is 204. The van der Waals surface area contributed by atoms with Crippen molar-refractivity contribution < 1.29 is 0 Å². The van der Waals surface area contributed by atoms with Crippen molar-refractivity contribution in [2.75, 3.05) is 0 Å². The number of allylic oxidation sites excluding steroid dienone is 1. The summed E-state index contributed by atoms with van der Waals surface area (Å²) in [5.41, 5.74) is 1.57. The summed E-state index contributed by atoms with van der Waals surface area (Å²) < 4.78 is 0. The van der Waals surface area contributed by atoms with Crippen LogP contribution < -0.4 is 0 Å². The van der Waals surface area contributed by atoms with Crippen molar-refractivity contribution in [1.82, 2.24) is 0 Å². The molecule has 0 bridgehead atoms. The van der Waals surface area contributed by atoms with Gasteiger partial charge in [-0.05, 0) is 31.6 Å². The van der Waals surface area contributed by atoms with Gasteiger partial charge in [-0.15, -0.1) is 0 Å². The fourth-order valence-corrected chi connectivity index (χ4v) is 3.17. The summed E-state index contributed by atoms with van der Waals surface area (Å²) >= 11 is 0.